The Labute approximate surface area is 120 Å². The van der Waals surface area contributed by atoms with Crippen molar-refractivity contribution in [3.05, 3.63) is 0 Å². The number of ether oxygens (including phenoxy) is 3. The van der Waals surface area contributed by atoms with E-state index >= 15 is 0 Å². The van der Waals surface area contributed by atoms with Gasteiger partial charge < -0.3 is 19.3 Å². The second kappa shape index (κ2) is 7.97. The zero-order valence-electron chi connectivity index (χ0n) is 13.1. The molecule has 1 N–H and O–H groups in total. The van der Waals surface area contributed by atoms with Gasteiger partial charge in [0.1, 0.15) is 0 Å². The summed E-state index contributed by atoms with van der Waals surface area (Å²) in [5, 5.41) is 8.66. The van der Waals surface area contributed by atoms with E-state index in [1.54, 1.807) is 6.92 Å². The van der Waals surface area contributed by atoms with Crippen molar-refractivity contribution in [2.24, 2.45) is 17.3 Å². The maximum Gasteiger partial charge on any atom is 0.511 e. The molecule has 0 heterocycles. The van der Waals surface area contributed by atoms with E-state index in [2.05, 4.69) is 4.74 Å². The van der Waals surface area contributed by atoms with Crippen molar-refractivity contribution < 1.29 is 28.9 Å². The molecule has 0 aliphatic heterocycles. The van der Waals surface area contributed by atoms with Gasteiger partial charge in [0.15, 0.2) is 0 Å². The van der Waals surface area contributed by atoms with Crippen molar-refractivity contribution in [3.63, 3.8) is 0 Å². The van der Waals surface area contributed by atoms with Gasteiger partial charge in [0.2, 0.25) is 0 Å². The quantitative estimate of drug-likeness (QED) is 0.590. The maximum absolute atomic E-state index is 11.5. The van der Waals surface area contributed by atoms with E-state index in [0.29, 0.717) is 6.42 Å². The summed E-state index contributed by atoms with van der Waals surface area (Å²) in [5.41, 5.74) is 0.0441. The summed E-state index contributed by atoms with van der Waals surface area (Å²) in [4.78, 5) is 22.1. The van der Waals surface area contributed by atoms with Gasteiger partial charge in [0.25, 0.3) is 6.29 Å². The lowest BCUT2D eigenvalue weighted by Gasteiger charge is -2.25. The number of hydrogen-bond acceptors (Lipinski definition) is 5. The van der Waals surface area contributed by atoms with Crippen LogP contribution in [-0.4, -0.2) is 30.3 Å². The van der Waals surface area contributed by atoms with Crippen LogP contribution >= 0.6 is 0 Å². The molecule has 118 valence electrons. The molecule has 0 bridgehead atoms. The second-order valence-corrected chi connectivity index (χ2v) is 6.38. The Morgan fingerprint density at radius 2 is 1.65 bits per heavy atom. The first-order valence-electron chi connectivity index (χ1n) is 6.76. The fraction of sp³-hybridized carbons (Fsp3) is 0.857. The molecule has 0 saturated carbocycles. The van der Waals surface area contributed by atoms with E-state index in [-0.39, 0.29) is 23.9 Å². The second-order valence-electron chi connectivity index (χ2n) is 6.38. The summed E-state index contributed by atoms with van der Waals surface area (Å²) in [6.07, 6.45) is -2.86. The van der Waals surface area contributed by atoms with E-state index in [1.165, 1.54) is 0 Å². The molecule has 0 rings (SSSR count). The molecule has 0 spiro atoms. The van der Waals surface area contributed by atoms with Crippen LogP contribution in [0.1, 0.15) is 48.0 Å². The van der Waals surface area contributed by atoms with Gasteiger partial charge in [-0.1, -0.05) is 41.5 Å². The van der Waals surface area contributed by atoms with E-state index in [9.17, 15) is 9.59 Å². The SMILES string of the molecule is CC(C)C(C)C(OC(=O)O)OC(=O)OCCC(C)(C)C. The molecule has 0 aromatic heterocycles. The Morgan fingerprint density at radius 3 is 2.05 bits per heavy atom. The minimum Gasteiger partial charge on any atom is -0.450 e. The van der Waals surface area contributed by atoms with E-state index in [0.717, 1.165) is 0 Å². The lowest BCUT2D eigenvalue weighted by Crippen LogP contribution is -2.33. The summed E-state index contributed by atoms with van der Waals surface area (Å²) in [6, 6.07) is 0. The first-order chi connectivity index (χ1) is 9.03. The van der Waals surface area contributed by atoms with Crippen molar-refractivity contribution >= 4 is 12.3 Å². The molecular formula is C14H26O6. The Balaban J connectivity index is 4.35. The Morgan fingerprint density at radius 1 is 1.10 bits per heavy atom. The first-order valence-corrected chi connectivity index (χ1v) is 6.76. The highest BCUT2D eigenvalue weighted by Gasteiger charge is 2.28. The highest BCUT2D eigenvalue weighted by Crippen LogP contribution is 2.20. The monoisotopic (exact) mass is 290 g/mol. The first kappa shape index (κ1) is 18.5. The van der Waals surface area contributed by atoms with Gasteiger partial charge >= 0.3 is 12.3 Å². The van der Waals surface area contributed by atoms with Gasteiger partial charge in [-0.2, -0.15) is 0 Å². The summed E-state index contributed by atoms with van der Waals surface area (Å²) < 4.78 is 14.4. The van der Waals surface area contributed by atoms with Crippen LogP contribution in [0.25, 0.3) is 0 Å². The van der Waals surface area contributed by atoms with Crippen LogP contribution in [0.4, 0.5) is 9.59 Å². The van der Waals surface area contributed by atoms with Crippen molar-refractivity contribution in [1.82, 2.24) is 0 Å². The van der Waals surface area contributed by atoms with Crippen LogP contribution in [0.5, 0.6) is 0 Å². The van der Waals surface area contributed by atoms with Crippen LogP contribution in [0, 0.1) is 17.3 Å². The Hall–Kier alpha value is -1.46. The number of rotatable bonds is 6. The minimum atomic E-state index is -1.48. The highest BCUT2D eigenvalue weighted by atomic mass is 16.8. The lowest BCUT2D eigenvalue weighted by atomic mass is 9.93. The molecule has 0 amide bonds. The van der Waals surface area contributed by atoms with Gasteiger partial charge in [-0.3, -0.25) is 0 Å². The summed E-state index contributed by atoms with van der Waals surface area (Å²) in [6.45, 7) is 11.8. The highest BCUT2D eigenvalue weighted by molar-refractivity contribution is 5.61. The van der Waals surface area contributed by atoms with Gasteiger partial charge in [-0.15, -0.1) is 0 Å². The largest absolute Gasteiger partial charge is 0.511 e. The zero-order valence-corrected chi connectivity index (χ0v) is 13.1. The maximum atomic E-state index is 11.5. The average molecular weight is 290 g/mol. The molecule has 6 nitrogen and oxygen atoms in total. The molecule has 0 saturated heterocycles. The molecule has 0 aliphatic rings. The Bertz CT molecular complexity index is 318. The molecule has 20 heavy (non-hydrogen) atoms. The molecule has 0 radical (unpaired) electrons. The van der Waals surface area contributed by atoms with Gasteiger partial charge in [0, 0.05) is 5.92 Å². The van der Waals surface area contributed by atoms with Crippen molar-refractivity contribution in [2.75, 3.05) is 6.61 Å². The predicted octanol–water partition coefficient (Wildman–Crippen LogP) is 3.89. The minimum absolute atomic E-state index is 0.0441. The summed E-state index contributed by atoms with van der Waals surface area (Å²) >= 11 is 0. The molecular weight excluding hydrogens is 264 g/mol. The predicted molar refractivity (Wildman–Crippen MR) is 73.4 cm³/mol. The van der Waals surface area contributed by atoms with Crippen LogP contribution < -0.4 is 0 Å². The van der Waals surface area contributed by atoms with Crippen molar-refractivity contribution in [2.45, 2.75) is 54.3 Å². The molecule has 6 heteroatoms. The smallest absolute Gasteiger partial charge is 0.450 e. The van der Waals surface area contributed by atoms with E-state index < -0.39 is 18.6 Å². The fourth-order valence-electron chi connectivity index (χ4n) is 1.22. The van der Waals surface area contributed by atoms with Crippen molar-refractivity contribution in [1.29, 1.82) is 0 Å². The van der Waals surface area contributed by atoms with Crippen LogP contribution in [0.3, 0.4) is 0 Å². The molecule has 0 aromatic carbocycles. The van der Waals surface area contributed by atoms with Gasteiger partial charge in [0.05, 0.1) is 6.61 Å². The molecule has 0 fully saturated rings. The summed E-state index contributed by atoms with van der Waals surface area (Å²) in [5.74, 6) is -0.164. The normalized spacial score (nSPS) is 14.6. The van der Waals surface area contributed by atoms with Crippen LogP contribution in [0.15, 0.2) is 0 Å². The van der Waals surface area contributed by atoms with Crippen LogP contribution in [-0.2, 0) is 14.2 Å². The number of carboxylic acid groups (broad SMARTS) is 1. The molecule has 0 aromatic rings. The molecule has 2 atom stereocenters. The lowest BCUT2D eigenvalue weighted by molar-refractivity contribution is -0.131. The number of carbonyl (C=O) groups is 2. The fourth-order valence-corrected chi connectivity index (χ4v) is 1.22. The average Bonchev–Trinajstić information content (AvgIpc) is 2.24. The standard InChI is InChI=1S/C14H26O6/c1-9(2)10(3)11(19-12(15)16)20-13(17)18-8-7-14(4,5)6/h9-11H,7-8H2,1-6H3,(H,15,16). The number of hydrogen-bond donors (Lipinski definition) is 1. The van der Waals surface area contributed by atoms with E-state index in [4.69, 9.17) is 14.6 Å². The third-order valence-electron chi connectivity index (χ3n) is 2.98. The van der Waals surface area contributed by atoms with Gasteiger partial charge in [-0.25, -0.2) is 9.59 Å². The topological polar surface area (TPSA) is 82.1 Å². The van der Waals surface area contributed by atoms with E-state index in [1.807, 2.05) is 34.6 Å². The van der Waals surface area contributed by atoms with Crippen molar-refractivity contribution in [3.8, 4) is 0 Å². The third-order valence-corrected chi connectivity index (χ3v) is 2.98. The zero-order chi connectivity index (χ0) is 15.9. The summed E-state index contributed by atoms with van der Waals surface area (Å²) in [7, 11) is 0. The van der Waals surface area contributed by atoms with Gasteiger partial charge in [-0.05, 0) is 17.8 Å². The third kappa shape index (κ3) is 8.61. The molecule has 0 aliphatic carbocycles. The van der Waals surface area contributed by atoms with Crippen LogP contribution in [0.2, 0.25) is 0 Å². The molecule has 2 unspecified atom stereocenters. The Kier molecular flexibility index (Phi) is 7.39. The number of carbonyl (C=O) groups excluding carboxylic acids is 1.